The fourth-order valence-corrected chi connectivity index (χ4v) is 3.76. The molecule has 3 aliphatic rings. The van der Waals surface area contributed by atoms with Gasteiger partial charge in [0, 0.05) is 0 Å². The van der Waals surface area contributed by atoms with Crippen molar-refractivity contribution in [2.45, 2.75) is 79.2 Å². The van der Waals surface area contributed by atoms with Crippen LogP contribution in [0, 0.1) is 0 Å². The highest BCUT2D eigenvalue weighted by molar-refractivity contribution is 4.98. The summed E-state index contributed by atoms with van der Waals surface area (Å²) in [7, 11) is 0. The zero-order valence-corrected chi connectivity index (χ0v) is 18.0. The maximum atomic E-state index is 10.00. The number of aliphatic hydroxyl groups is 12. The molecule has 0 aromatic heterocycles. The molecule has 0 aromatic rings. The van der Waals surface area contributed by atoms with Gasteiger partial charge in [0.2, 0.25) is 5.79 Å². The zero-order valence-electron chi connectivity index (χ0n) is 18.0. The molecule has 0 bridgehead atoms. The van der Waals surface area contributed by atoms with Gasteiger partial charge in [-0.15, -0.1) is 0 Å². The van der Waals surface area contributed by atoms with E-state index in [1.54, 1.807) is 0 Å². The van der Waals surface area contributed by atoms with Crippen LogP contribution in [0.5, 0.6) is 0 Å². The molecule has 3 aliphatic heterocycles. The van der Waals surface area contributed by atoms with Crippen LogP contribution in [0.1, 0.15) is 0 Å². The molecule has 1 unspecified atom stereocenters. The van der Waals surface area contributed by atoms with Crippen molar-refractivity contribution in [2.24, 2.45) is 0 Å². The molecular weight excluding hydrogens is 472 g/mol. The van der Waals surface area contributed by atoms with E-state index in [9.17, 15) is 30.6 Å². The van der Waals surface area contributed by atoms with E-state index in [0.29, 0.717) is 0 Å². The van der Waals surface area contributed by atoms with Crippen molar-refractivity contribution in [3.8, 4) is 0 Å². The van der Waals surface area contributed by atoms with Crippen LogP contribution < -0.4 is 0 Å². The maximum Gasteiger partial charge on any atom is 0.224 e. The lowest BCUT2D eigenvalue weighted by Crippen LogP contribution is -2.62. The normalized spacial score (nSPS) is 49.1. The average molecular weight is 506 g/mol. The first-order valence-electron chi connectivity index (χ1n) is 10.5. The summed E-state index contributed by atoms with van der Waals surface area (Å²) in [5, 5.41) is 112. The van der Waals surface area contributed by atoms with E-state index in [2.05, 4.69) is 0 Å². The predicted molar refractivity (Wildman–Crippen MR) is 103 cm³/mol. The second-order valence-electron chi connectivity index (χ2n) is 8.12. The molecule has 0 radical (unpaired) electrons. The molecular formula is C18H34O16. The number of rotatable bonds is 7. The summed E-state index contributed by atoms with van der Waals surface area (Å²) in [6, 6.07) is 0. The standard InChI is InChI=1S/C12H22O11.C6H12O5/c13-1-4-6(16)8(18)9(19)11(21-4)23-12(3-15)10(20)7(17)5(2-14)22-12;7-1-3-5(9)6(10)4(2-8)11-3/h4-11,13-20H,1-3H2;3-10H,1-2H2/t4-,5-,6-,7-,8+,9-,10+,11-,12+;3-,4?,5-,6-/m11/s1. The molecule has 16 nitrogen and oxygen atoms in total. The van der Waals surface area contributed by atoms with Crippen molar-refractivity contribution in [2.75, 3.05) is 33.0 Å². The second kappa shape index (κ2) is 12.5. The molecule has 0 spiro atoms. The first-order valence-corrected chi connectivity index (χ1v) is 10.5. The van der Waals surface area contributed by atoms with E-state index in [4.69, 9.17) is 49.6 Å². The highest BCUT2D eigenvalue weighted by Crippen LogP contribution is 2.35. The number of hydrogen-bond acceptors (Lipinski definition) is 16. The molecule has 0 aromatic carbocycles. The lowest BCUT2D eigenvalue weighted by atomic mass is 9.99. The molecule has 16 heteroatoms. The van der Waals surface area contributed by atoms with Crippen LogP contribution in [0.2, 0.25) is 0 Å². The van der Waals surface area contributed by atoms with Gasteiger partial charge in [0.05, 0.1) is 26.4 Å². The Balaban J connectivity index is 0.000000310. The smallest absolute Gasteiger partial charge is 0.224 e. The molecule has 0 amide bonds. The highest BCUT2D eigenvalue weighted by atomic mass is 16.8. The molecule has 0 aliphatic carbocycles. The number of hydrogen-bond donors (Lipinski definition) is 12. The summed E-state index contributed by atoms with van der Waals surface area (Å²) in [6.45, 7) is -3.03. The third-order valence-electron chi connectivity index (χ3n) is 5.89. The largest absolute Gasteiger partial charge is 0.394 e. The van der Waals surface area contributed by atoms with Gasteiger partial charge in [-0.3, -0.25) is 0 Å². The van der Waals surface area contributed by atoms with Gasteiger partial charge in [0.15, 0.2) is 6.29 Å². The van der Waals surface area contributed by atoms with E-state index in [-0.39, 0.29) is 13.2 Å². The Kier molecular flexibility index (Phi) is 10.9. The molecule has 3 rings (SSSR count). The molecule has 12 N–H and O–H groups in total. The average Bonchev–Trinajstić information content (AvgIpc) is 3.27. The zero-order chi connectivity index (χ0) is 25.8. The van der Waals surface area contributed by atoms with Gasteiger partial charge in [-0.2, -0.15) is 0 Å². The van der Waals surface area contributed by atoms with Crippen LogP contribution >= 0.6 is 0 Å². The SMILES string of the molecule is OCC1O[C@H](CO)[C@@H](O)[C@@H]1O.OC[C@H]1O[C@@](CO)(O[C@H]2O[C@H](CO)[C@@H](O)[C@H](O)[C@H]2O)[C@@H](O)[C@@H]1O. The van der Waals surface area contributed by atoms with Gasteiger partial charge < -0.3 is 80.2 Å². The van der Waals surface area contributed by atoms with Crippen LogP contribution in [0.15, 0.2) is 0 Å². The van der Waals surface area contributed by atoms with Crippen LogP contribution in [0.25, 0.3) is 0 Å². The number of ether oxygens (including phenoxy) is 4. The first kappa shape index (κ1) is 29.6. The van der Waals surface area contributed by atoms with Gasteiger partial charge in [-0.05, 0) is 0 Å². The fraction of sp³-hybridized carbons (Fsp3) is 1.00. The minimum Gasteiger partial charge on any atom is -0.394 e. The number of aliphatic hydroxyl groups excluding tert-OH is 12. The van der Waals surface area contributed by atoms with E-state index in [1.807, 2.05) is 0 Å². The first-order chi connectivity index (χ1) is 16.0. The maximum absolute atomic E-state index is 10.00. The summed E-state index contributed by atoms with van der Waals surface area (Å²) < 4.78 is 20.3. The summed E-state index contributed by atoms with van der Waals surface area (Å²) in [5.41, 5.74) is 0. The predicted octanol–water partition coefficient (Wildman–Crippen LogP) is -7.94. The lowest BCUT2D eigenvalue weighted by molar-refractivity contribution is -0.383. The third-order valence-corrected chi connectivity index (χ3v) is 5.89. The minimum absolute atomic E-state index is 0.352. The van der Waals surface area contributed by atoms with Crippen molar-refractivity contribution in [1.82, 2.24) is 0 Å². The van der Waals surface area contributed by atoms with Crippen molar-refractivity contribution in [3.63, 3.8) is 0 Å². The Labute approximate surface area is 193 Å². The van der Waals surface area contributed by atoms with Gasteiger partial charge in [-0.25, -0.2) is 0 Å². The summed E-state index contributed by atoms with van der Waals surface area (Å²) in [5.74, 6) is -2.22. The van der Waals surface area contributed by atoms with Gasteiger partial charge in [-0.1, -0.05) is 0 Å². The Hall–Kier alpha value is -0.640. The summed E-state index contributed by atoms with van der Waals surface area (Å²) >= 11 is 0. The second-order valence-corrected chi connectivity index (χ2v) is 8.12. The molecule has 3 saturated heterocycles. The Morgan fingerprint density at radius 1 is 0.529 bits per heavy atom. The van der Waals surface area contributed by atoms with E-state index in [0.717, 1.165) is 0 Å². The molecule has 3 fully saturated rings. The Morgan fingerprint density at radius 2 is 0.971 bits per heavy atom. The Morgan fingerprint density at radius 3 is 1.35 bits per heavy atom. The van der Waals surface area contributed by atoms with Gasteiger partial charge in [0.25, 0.3) is 0 Å². The van der Waals surface area contributed by atoms with Crippen molar-refractivity contribution >= 4 is 0 Å². The fourth-order valence-electron chi connectivity index (χ4n) is 3.76. The van der Waals surface area contributed by atoms with E-state index >= 15 is 0 Å². The van der Waals surface area contributed by atoms with Crippen molar-refractivity contribution in [1.29, 1.82) is 0 Å². The van der Waals surface area contributed by atoms with Gasteiger partial charge in [0.1, 0.15) is 73.8 Å². The van der Waals surface area contributed by atoms with Gasteiger partial charge >= 0.3 is 0 Å². The summed E-state index contributed by atoms with van der Waals surface area (Å²) in [4.78, 5) is 0. The molecule has 0 saturated carbocycles. The van der Waals surface area contributed by atoms with Crippen molar-refractivity contribution < 1.29 is 80.2 Å². The lowest BCUT2D eigenvalue weighted by Gasteiger charge is -2.43. The van der Waals surface area contributed by atoms with Crippen LogP contribution in [0.3, 0.4) is 0 Å². The topological polar surface area (TPSA) is 280 Å². The Bertz CT molecular complexity index is 593. The third kappa shape index (κ3) is 5.84. The molecule has 13 atom stereocenters. The van der Waals surface area contributed by atoms with Crippen molar-refractivity contribution in [3.05, 3.63) is 0 Å². The monoisotopic (exact) mass is 506 g/mol. The van der Waals surface area contributed by atoms with Crippen LogP contribution in [-0.2, 0) is 18.9 Å². The van der Waals surface area contributed by atoms with E-state index in [1.165, 1.54) is 0 Å². The minimum atomic E-state index is -2.22. The summed E-state index contributed by atoms with van der Waals surface area (Å²) in [6.07, 6.45) is -16.4. The van der Waals surface area contributed by atoms with Crippen LogP contribution in [0.4, 0.5) is 0 Å². The molecule has 3 heterocycles. The molecule has 202 valence electrons. The quantitative estimate of drug-likeness (QED) is 0.153. The molecule has 34 heavy (non-hydrogen) atoms. The van der Waals surface area contributed by atoms with E-state index < -0.39 is 99.0 Å². The highest BCUT2D eigenvalue weighted by Gasteiger charge is 2.58. The van der Waals surface area contributed by atoms with Crippen LogP contribution in [-0.4, -0.2) is 174 Å².